The lowest BCUT2D eigenvalue weighted by atomic mass is 9.87. The molecule has 1 heterocycles. The number of allylic oxidation sites excluding steroid dienone is 1. The number of hydrogen-bond donors (Lipinski definition) is 1. The summed E-state index contributed by atoms with van der Waals surface area (Å²) < 4.78 is 14.8. The number of benzene rings is 2. The van der Waals surface area contributed by atoms with Crippen LogP contribution in [0.2, 0.25) is 5.02 Å². The lowest BCUT2D eigenvalue weighted by molar-refractivity contribution is 0.574. The first-order valence-electron chi connectivity index (χ1n) is 11.5. The van der Waals surface area contributed by atoms with Gasteiger partial charge in [0.2, 0.25) is 0 Å². The molecular weight excluding hydrogens is 431 g/mol. The minimum absolute atomic E-state index is 0.170. The minimum Gasteiger partial charge on any atom is -0.367 e. The highest BCUT2D eigenvalue weighted by molar-refractivity contribution is 6.35. The molecule has 0 bridgehead atoms. The topological polar surface area (TPSA) is 24.9 Å². The van der Waals surface area contributed by atoms with Crippen LogP contribution in [0.1, 0.15) is 49.9 Å². The number of hydrogen-bond acceptors (Lipinski definition) is 2. The zero-order chi connectivity index (χ0) is 24.3. The van der Waals surface area contributed by atoms with Crippen LogP contribution < -0.4 is 5.32 Å². The lowest BCUT2D eigenvalue weighted by Gasteiger charge is -2.20. The smallest absolute Gasteiger partial charge is 0.127 e. The van der Waals surface area contributed by atoms with Crippen molar-refractivity contribution >= 4 is 17.4 Å². The van der Waals surface area contributed by atoms with E-state index in [0.717, 1.165) is 63.3 Å². The predicted molar refractivity (Wildman–Crippen MR) is 141 cm³/mol. The Hall–Kier alpha value is -2.65. The zero-order valence-electron chi connectivity index (χ0n) is 20.7. The molecule has 0 unspecified atom stereocenters. The molecule has 0 aliphatic rings. The molecule has 2 nitrogen and oxygen atoms in total. The predicted octanol–water partition coefficient (Wildman–Crippen LogP) is 8.71. The van der Waals surface area contributed by atoms with Crippen molar-refractivity contribution < 1.29 is 4.39 Å². The van der Waals surface area contributed by atoms with Crippen LogP contribution in [0.4, 0.5) is 10.2 Å². The van der Waals surface area contributed by atoms with Crippen molar-refractivity contribution in [2.75, 3.05) is 11.9 Å². The van der Waals surface area contributed by atoms with Crippen molar-refractivity contribution in [3.63, 3.8) is 0 Å². The third-order valence-electron chi connectivity index (χ3n) is 6.05. The summed E-state index contributed by atoms with van der Waals surface area (Å²) in [6.45, 7) is 15.3. The monoisotopic (exact) mass is 464 g/mol. The summed E-state index contributed by atoms with van der Waals surface area (Å²) in [4.78, 5) is 4.59. The Bertz CT molecular complexity index is 1140. The van der Waals surface area contributed by atoms with E-state index in [1.165, 1.54) is 5.57 Å². The summed E-state index contributed by atoms with van der Waals surface area (Å²) in [6, 6.07) is 9.57. The van der Waals surface area contributed by atoms with Gasteiger partial charge < -0.3 is 5.32 Å². The summed E-state index contributed by atoms with van der Waals surface area (Å²) in [5.41, 5.74) is 9.01. The Morgan fingerprint density at radius 2 is 1.67 bits per heavy atom. The first-order valence-corrected chi connectivity index (χ1v) is 11.9. The van der Waals surface area contributed by atoms with Gasteiger partial charge in [-0.25, -0.2) is 9.37 Å². The zero-order valence-corrected chi connectivity index (χ0v) is 21.5. The van der Waals surface area contributed by atoms with Crippen molar-refractivity contribution in [2.45, 2.75) is 54.9 Å². The Balaban J connectivity index is 2.00. The number of rotatable bonds is 7. The van der Waals surface area contributed by atoms with Gasteiger partial charge in [0.1, 0.15) is 11.6 Å². The molecule has 1 aromatic heterocycles. The van der Waals surface area contributed by atoms with Crippen LogP contribution in [0.5, 0.6) is 0 Å². The van der Waals surface area contributed by atoms with Crippen LogP contribution in [0.3, 0.4) is 0 Å². The fraction of sp³-hybridized carbons (Fsp3) is 0.345. The van der Waals surface area contributed by atoms with Gasteiger partial charge in [0.15, 0.2) is 0 Å². The molecule has 4 heteroatoms. The third-order valence-corrected chi connectivity index (χ3v) is 6.52. The molecule has 0 aliphatic heterocycles. The number of aromatic nitrogens is 1. The maximum absolute atomic E-state index is 14.8. The van der Waals surface area contributed by atoms with Gasteiger partial charge in [0.05, 0.1) is 5.02 Å². The molecule has 2 aromatic carbocycles. The van der Waals surface area contributed by atoms with Gasteiger partial charge in [-0.3, -0.25) is 0 Å². The highest BCUT2D eigenvalue weighted by Gasteiger charge is 2.19. The normalized spacial score (nSPS) is 11.1. The Morgan fingerprint density at radius 3 is 2.24 bits per heavy atom. The number of nitrogens with zero attached hydrogens (tertiary/aromatic N) is 1. The van der Waals surface area contributed by atoms with Gasteiger partial charge in [0, 0.05) is 23.9 Å². The molecular formula is C29H34ClFN2. The van der Waals surface area contributed by atoms with Crippen LogP contribution in [0, 0.1) is 32.5 Å². The second-order valence-electron chi connectivity index (χ2n) is 9.44. The van der Waals surface area contributed by atoms with Crippen LogP contribution in [0.25, 0.3) is 22.3 Å². The van der Waals surface area contributed by atoms with E-state index in [9.17, 15) is 4.39 Å². The van der Waals surface area contributed by atoms with E-state index in [4.69, 9.17) is 11.6 Å². The highest BCUT2D eigenvalue weighted by Crippen LogP contribution is 2.42. The average molecular weight is 465 g/mol. The summed E-state index contributed by atoms with van der Waals surface area (Å²) in [5, 5.41) is 3.97. The third kappa shape index (κ3) is 5.65. The summed E-state index contributed by atoms with van der Waals surface area (Å²) in [6.07, 6.45) is 4.74. The number of nitrogens with one attached hydrogen (secondary N) is 1. The van der Waals surface area contributed by atoms with Gasteiger partial charge >= 0.3 is 0 Å². The molecule has 0 aliphatic carbocycles. The van der Waals surface area contributed by atoms with Crippen molar-refractivity contribution in [3.8, 4) is 22.3 Å². The van der Waals surface area contributed by atoms with Gasteiger partial charge in [0.25, 0.3) is 0 Å². The quantitative estimate of drug-likeness (QED) is 0.353. The van der Waals surface area contributed by atoms with E-state index < -0.39 is 0 Å². The van der Waals surface area contributed by atoms with E-state index >= 15 is 0 Å². The number of pyridine rings is 1. The SMILES string of the molecule is CC(C)=CCNc1ccc(-c2c(C)c(C)c(-c3ccc(CC(C)C)c(F)c3)c(Cl)c2C)cn1. The van der Waals surface area contributed by atoms with Crippen LogP contribution in [-0.2, 0) is 6.42 Å². The van der Waals surface area contributed by atoms with Crippen LogP contribution >= 0.6 is 11.6 Å². The molecule has 0 saturated heterocycles. The molecule has 3 rings (SSSR count). The van der Waals surface area contributed by atoms with E-state index in [-0.39, 0.29) is 5.82 Å². The maximum atomic E-state index is 14.8. The van der Waals surface area contributed by atoms with E-state index in [1.807, 2.05) is 31.3 Å². The fourth-order valence-corrected chi connectivity index (χ4v) is 4.55. The molecule has 0 saturated carbocycles. The molecule has 174 valence electrons. The van der Waals surface area contributed by atoms with Crippen molar-refractivity contribution in [3.05, 3.63) is 81.3 Å². The van der Waals surface area contributed by atoms with Gasteiger partial charge in [-0.05, 0) is 98.5 Å². The van der Waals surface area contributed by atoms with Gasteiger partial charge in [-0.1, -0.05) is 49.2 Å². The maximum Gasteiger partial charge on any atom is 0.127 e. The Kier molecular flexibility index (Phi) is 7.97. The molecule has 0 spiro atoms. The molecule has 0 amide bonds. The Morgan fingerprint density at radius 1 is 1.00 bits per heavy atom. The number of anilines is 1. The highest BCUT2D eigenvalue weighted by atomic mass is 35.5. The summed E-state index contributed by atoms with van der Waals surface area (Å²) >= 11 is 6.90. The summed E-state index contributed by atoms with van der Waals surface area (Å²) in [5.74, 6) is 1.07. The van der Waals surface area contributed by atoms with Gasteiger partial charge in [-0.2, -0.15) is 0 Å². The molecule has 3 aromatic rings. The van der Waals surface area contributed by atoms with E-state index in [2.05, 4.69) is 64.0 Å². The van der Waals surface area contributed by atoms with E-state index in [0.29, 0.717) is 10.9 Å². The molecule has 0 radical (unpaired) electrons. The average Bonchev–Trinajstić information content (AvgIpc) is 2.75. The lowest BCUT2D eigenvalue weighted by Crippen LogP contribution is -2.02. The van der Waals surface area contributed by atoms with Crippen LogP contribution in [-0.4, -0.2) is 11.5 Å². The second-order valence-corrected chi connectivity index (χ2v) is 9.82. The van der Waals surface area contributed by atoms with Crippen molar-refractivity contribution in [1.82, 2.24) is 4.98 Å². The molecule has 0 fully saturated rings. The standard InChI is InChI=1S/C29H34ClFN2/c1-17(2)12-13-32-26-11-10-24(16-33-26)27-19(5)20(6)28(29(30)21(27)7)23-9-8-22(14-18(3)4)25(31)15-23/h8-12,15-16,18H,13-14H2,1-7H3,(H,32,33). The first-order chi connectivity index (χ1) is 15.6. The molecule has 0 atom stereocenters. The van der Waals surface area contributed by atoms with E-state index in [1.54, 1.807) is 6.07 Å². The molecule has 33 heavy (non-hydrogen) atoms. The van der Waals surface area contributed by atoms with Crippen molar-refractivity contribution in [1.29, 1.82) is 0 Å². The summed E-state index contributed by atoms with van der Waals surface area (Å²) in [7, 11) is 0. The van der Waals surface area contributed by atoms with Crippen LogP contribution in [0.15, 0.2) is 48.2 Å². The largest absolute Gasteiger partial charge is 0.367 e. The molecule has 1 N–H and O–H groups in total. The van der Waals surface area contributed by atoms with Crippen molar-refractivity contribution in [2.24, 2.45) is 5.92 Å². The minimum atomic E-state index is -0.170. The second kappa shape index (κ2) is 10.5. The Labute approximate surface area is 202 Å². The van der Waals surface area contributed by atoms with Gasteiger partial charge in [-0.15, -0.1) is 0 Å². The number of halogens is 2. The fourth-order valence-electron chi connectivity index (χ4n) is 4.21. The first kappa shape index (κ1) is 25.0.